The second-order valence-corrected chi connectivity index (χ2v) is 8.88. The summed E-state index contributed by atoms with van der Waals surface area (Å²) in [6.07, 6.45) is 1.11. The molecule has 140 valence electrons. The summed E-state index contributed by atoms with van der Waals surface area (Å²) in [4.78, 5) is 17.0. The van der Waals surface area contributed by atoms with E-state index in [1.807, 2.05) is 18.0 Å². The Bertz CT molecular complexity index is 785. The molecule has 7 nitrogen and oxygen atoms in total. The molecule has 2 fully saturated rings. The lowest BCUT2D eigenvalue weighted by Crippen LogP contribution is -2.50. The Hall–Kier alpha value is -1.95. The van der Waals surface area contributed by atoms with Gasteiger partial charge in [0.1, 0.15) is 0 Å². The normalized spacial score (nSPS) is 20.7. The average molecular weight is 376 g/mol. The first kappa shape index (κ1) is 18.8. The van der Waals surface area contributed by atoms with E-state index in [0.29, 0.717) is 31.5 Å². The standard InChI is InChI=1S/C18H24N4O3S/c1-20-10-12-21(13-11-20)18(23)16-6-8-22(9-7-16)26(24,25)17-4-2-15(14-19)3-5-17/h2-5,16H,6-13H2,1H3. The van der Waals surface area contributed by atoms with E-state index in [4.69, 9.17) is 5.26 Å². The van der Waals surface area contributed by atoms with Crippen molar-refractivity contribution in [1.82, 2.24) is 14.1 Å². The minimum Gasteiger partial charge on any atom is -0.340 e. The summed E-state index contributed by atoms with van der Waals surface area (Å²) in [5.41, 5.74) is 0.431. The Morgan fingerprint density at radius 1 is 1.04 bits per heavy atom. The number of piperazine rings is 1. The van der Waals surface area contributed by atoms with Crippen molar-refractivity contribution in [2.75, 3.05) is 46.3 Å². The number of carbonyl (C=O) groups is 1. The van der Waals surface area contributed by atoms with Crippen LogP contribution < -0.4 is 0 Å². The van der Waals surface area contributed by atoms with E-state index in [0.717, 1.165) is 26.2 Å². The molecule has 26 heavy (non-hydrogen) atoms. The number of nitriles is 1. The molecular weight excluding hydrogens is 352 g/mol. The van der Waals surface area contributed by atoms with Crippen LogP contribution in [0.4, 0.5) is 0 Å². The maximum absolute atomic E-state index is 12.7. The first-order valence-corrected chi connectivity index (χ1v) is 10.3. The number of carbonyl (C=O) groups excluding carboxylic acids is 1. The van der Waals surface area contributed by atoms with Gasteiger partial charge in [-0.1, -0.05) is 0 Å². The summed E-state index contributed by atoms with van der Waals surface area (Å²) >= 11 is 0. The number of likely N-dealkylation sites (N-methyl/N-ethyl adjacent to an activating group) is 1. The Balaban J connectivity index is 1.60. The van der Waals surface area contributed by atoms with Crippen LogP contribution in [0.2, 0.25) is 0 Å². The average Bonchev–Trinajstić information content (AvgIpc) is 2.68. The van der Waals surface area contributed by atoms with Crippen LogP contribution in [0.1, 0.15) is 18.4 Å². The largest absolute Gasteiger partial charge is 0.340 e. The number of hydrogen-bond donors (Lipinski definition) is 0. The molecule has 0 aromatic heterocycles. The highest BCUT2D eigenvalue weighted by Gasteiger charge is 2.34. The van der Waals surface area contributed by atoms with E-state index in [9.17, 15) is 13.2 Å². The minimum atomic E-state index is -3.58. The lowest BCUT2D eigenvalue weighted by atomic mass is 9.96. The van der Waals surface area contributed by atoms with E-state index in [1.54, 1.807) is 0 Å². The lowest BCUT2D eigenvalue weighted by molar-refractivity contribution is -0.138. The highest BCUT2D eigenvalue weighted by atomic mass is 32.2. The third kappa shape index (κ3) is 3.90. The summed E-state index contributed by atoms with van der Waals surface area (Å²) in [6, 6.07) is 7.94. The van der Waals surface area contributed by atoms with Crippen LogP contribution in [0.25, 0.3) is 0 Å². The van der Waals surface area contributed by atoms with E-state index in [1.165, 1.54) is 28.6 Å². The van der Waals surface area contributed by atoms with Crippen LogP contribution in [0.3, 0.4) is 0 Å². The molecule has 8 heteroatoms. The molecule has 2 saturated heterocycles. The SMILES string of the molecule is CN1CCN(C(=O)C2CCN(S(=O)(=O)c3ccc(C#N)cc3)CC2)CC1. The molecule has 0 spiro atoms. The fourth-order valence-corrected chi connectivity index (χ4v) is 4.95. The molecule has 2 aliphatic heterocycles. The van der Waals surface area contributed by atoms with E-state index >= 15 is 0 Å². The summed E-state index contributed by atoms with van der Waals surface area (Å²) < 4.78 is 26.9. The second kappa shape index (κ2) is 7.74. The summed E-state index contributed by atoms with van der Waals surface area (Å²) in [7, 11) is -1.53. The number of benzene rings is 1. The van der Waals surface area contributed by atoms with E-state index < -0.39 is 10.0 Å². The molecule has 0 bridgehead atoms. The Kier molecular flexibility index (Phi) is 5.61. The third-order valence-electron chi connectivity index (χ3n) is 5.24. The number of amides is 1. The van der Waals surface area contributed by atoms with Gasteiger partial charge in [-0.2, -0.15) is 9.57 Å². The lowest BCUT2D eigenvalue weighted by Gasteiger charge is -2.37. The monoisotopic (exact) mass is 376 g/mol. The Morgan fingerprint density at radius 3 is 2.15 bits per heavy atom. The predicted molar refractivity (Wildman–Crippen MR) is 96.7 cm³/mol. The quantitative estimate of drug-likeness (QED) is 0.777. The molecule has 0 saturated carbocycles. The molecule has 1 aromatic rings. The number of hydrogen-bond acceptors (Lipinski definition) is 5. The van der Waals surface area contributed by atoms with Crippen LogP contribution >= 0.6 is 0 Å². The molecule has 0 aliphatic carbocycles. The van der Waals surface area contributed by atoms with Crippen LogP contribution in [-0.4, -0.2) is 74.7 Å². The van der Waals surface area contributed by atoms with Crippen molar-refractivity contribution in [2.45, 2.75) is 17.7 Å². The summed E-state index contributed by atoms with van der Waals surface area (Å²) in [5, 5.41) is 8.83. The van der Waals surface area contributed by atoms with Gasteiger partial charge in [0.05, 0.1) is 16.5 Å². The molecule has 1 aromatic carbocycles. The van der Waals surface area contributed by atoms with Gasteiger partial charge in [-0.05, 0) is 44.2 Å². The van der Waals surface area contributed by atoms with Crippen LogP contribution in [0.15, 0.2) is 29.2 Å². The maximum atomic E-state index is 12.7. The van der Waals surface area contributed by atoms with Gasteiger partial charge >= 0.3 is 0 Å². The van der Waals surface area contributed by atoms with Crippen LogP contribution in [0.5, 0.6) is 0 Å². The zero-order valence-corrected chi connectivity index (χ0v) is 15.8. The second-order valence-electron chi connectivity index (χ2n) is 6.94. The van der Waals surface area contributed by atoms with Crippen LogP contribution in [-0.2, 0) is 14.8 Å². The number of rotatable bonds is 3. The summed E-state index contributed by atoms with van der Waals surface area (Å²) in [5.74, 6) is 0.0688. The van der Waals surface area contributed by atoms with Gasteiger partial charge in [0.15, 0.2) is 0 Å². The van der Waals surface area contributed by atoms with Crippen molar-refractivity contribution in [1.29, 1.82) is 5.26 Å². The molecule has 0 atom stereocenters. The smallest absolute Gasteiger partial charge is 0.243 e. The van der Waals surface area contributed by atoms with Crippen LogP contribution in [0, 0.1) is 17.2 Å². The van der Waals surface area contributed by atoms with Crippen molar-refractivity contribution in [2.24, 2.45) is 5.92 Å². The van der Waals surface area contributed by atoms with Crippen molar-refractivity contribution < 1.29 is 13.2 Å². The first-order chi connectivity index (χ1) is 12.4. The highest BCUT2D eigenvalue weighted by molar-refractivity contribution is 7.89. The van der Waals surface area contributed by atoms with Crippen molar-refractivity contribution in [3.8, 4) is 6.07 Å². The molecule has 0 unspecified atom stereocenters. The zero-order valence-electron chi connectivity index (χ0n) is 15.0. The number of sulfonamides is 1. The fraction of sp³-hybridized carbons (Fsp3) is 0.556. The van der Waals surface area contributed by atoms with Crippen molar-refractivity contribution in [3.63, 3.8) is 0 Å². The van der Waals surface area contributed by atoms with Gasteiger partial charge in [-0.15, -0.1) is 0 Å². The highest BCUT2D eigenvalue weighted by Crippen LogP contribution is 2.25. The molecular formula is C18H24N4O3S. The van der Waals surface area contributed by atoms with Gasteiger partial charge in [-0.25, -0.2) is 8.42 Å². The number of piperidine rings is 1. The van der Waals surface area contributed by atoms with Crippen molar-refractivity contribution in [3.05, 3.63) is 29.8 Å². The maximum Gasteiger partial charge on any atom is 0.243 e. The van der Waals surface area contributed by atoms with Gasteiger partial charge in [0.25, 0.3) is 0 Å². The predicted octanol–water partition coefficient (Wildman–Crippen LogP) is 0.733. The molecule has 0 radical (unpaired) electrons. The Morgan fingerprint density at radius 2 is 1.62 bits per heavy atom. The van der Waals surface area contributed by atoms with Crippen molar-refractivity contribution >= 4 is 15.9 Å². The van der Waals surface area contributed by atoms with E-state index in [2.05, 4.69) is 4.90 Å². The summed E-state index contributed by atoms with van der Waals surface area (Å²) in [6.45, 7) is 3.98. The van der Waals surface area contributed by atoms with E-state index in [-0.39, 0.29) is 16.7 Å². The molecule has 0 N–H and O–H groups in total. The van der Waals surface area contributed by atoms with Gasteiger partial charge in [0, 0.05) is 45.2 Å². The zero-order chi connectivity index (χ0) is 18.7. The third-order valence-corrected chi connectivity index (χ3v) is 7.15. The molecule has 1 amide bonds. The minimum absolute atomic E-state index is 0.0918. The van der Waals surface area contributed by atoms with Gasteiger partial charge in [-0.3, -0.25) is 4.79 Å². The molecule has 3 rings (SSSR count). The first-order valence-electron chi connectivity index (χ1n) is 8.89. The fourth-order valence-electron chi connectivity index (χ4n) is 3.48. The molecule has 2 aliphatic rings. The topological polar surface area (TPSA) is 84.7 Å². The Labute approximate surface area is 154 Å². The van der Waals surface area contributed by atoms with Gasteiger partial charge < -0.3 is 9.80 Å². The molecule has 2 heterocycles. The van der Waals surface area contributed by atoms with Gasteiger partial charge in [0.2, 0.25) is 15.9 Å². The number of nitrogens with zero attached hydrogens (tertiary/aromatic N) is 4.